The number of anilines is 1. The lowest BCUT2D eigenvalue weighted by Gasteiger charge is -2.26. The van der Waals surface area contributed by atoms with Gasteiger partial charge < -0.3 is 28.6 Å². The molecule has 0 fully saturated rings. The first-order valence-corrected chi connectivity index (χ1v) is 13.1. The van der Waals surface area contributed by atoms with Crippen molar-refractivity contribution in [1.29, 1.82) is 0 Å². The van der Waals surface area contributed by atoms with E-state index in [0.29, 0.717) is 33.3 Å². The zero-order valence-corrected chi connectivity index (χ0v) is 23.8. The first-order valence-electron chi connectivity index (χ1n) is 12.4. The molecule has 0 spiro atoms. The van der Waals surface area contributed by atoms with Crippen molar-refractivity contribution >= 4 is 40.8 Å². The minimum absolute atomic E-state index is 0.0321. The molecule has 0 saturated heterocycles. The second-order valence-electron chi connectivity index (χ2n) is 8.80. The van der Waals surface area contributed by atoms with Crippen LogP contribution in [0.2, 0.25) is 10.0 Å². The summed E-state index contributed by atoms with van der Waals surface area (Å²) >= 11 is 13.0. The Kier molecular flexibility index (Phi) is 9.40. The number of methoxy groups -OCH3 is 3. The van der Waals surface area contributed by atoms with E-state index in [1.807, 2.05) is 0 Å². The van der Waals surface area contributed by atoms with Crippen LogP contribution in [0.25, 0.3) is 0 Å². The summed E-state index contributed by atoms with van der Waals surface area (Å²) in [5, 5.41) is 0.288. The first kappa shape index (κ1) is 29.5. The highest BCUT2D eigenvalue weighted by molar-refractivity contribution is 6.33. The summed E-state index contributed by atoms with van der Waals surface area (Å²) in [5.41, 5.74) is 1.35. The molecule has 0 aliphatic carbocycles. The molecule has 40 heavy (non-hydrogen) atoms. The summed E-state index contributed by atoms with van der Waals surface area (Å²) in [6.07, 6.45) is -2.98. The van der Waals surface area contributed by atoms with Crippen LogP contribution in [0, 0.1) is 5.82 Å². The summed E-state index contributed by atoms with van der Waals surface area (Å²) in [6, 6.07) is 12.6. The number of halogens is 3. The minimum Gasteiger partial charge on any atom is -0.497 e. The van der Waals surface area contributed by atoms with Gasteiger partial charge in [-0.2, -0.15) is 0 Å². The molecule has 3 aromatic carbocycles. The molecule has 2 atom stereocenters. The van der Waals surface area contributed by atoms with Crippen LogP contribution >= 0.6 is 23.2 Å². The molecule has 0 aromatic heterocycles. The monoisotopic (exact) mass is 591 g/mol. The topological polar surface area (TPSA) is 83.5 Å². The number of carbonyl (C=O) groups excluding carboxylic acids is 2. The number of benzene rings is 3. The zero-order valence-electron chi connectivity index (χ0n) is 22.3. The maximum Gasteiger partial charge on any atom is 0.308 e. The van der Waals surface area contributed by atoms with E-state index in [0.717, 1.165) is 0 Å². The van der Waals surface area contributed by atoms with E-state index in [1.165, 1.54) is 38.4 Å². The molecule has 11 heteroatoms. The Labute approximate surface area is 241 Å². The number of hydrogen-bond acceptors (Lipinski definition) is 7. The van der Waals surface area contributed by atoms with Gasteiger partial charge in [-0.25, -0.2) is 4.39 Å². The molecule has 0 bridgehead atoms. The average molecular weight is 592 g/mol. The highest BCUT2D eigenvalue weighted by Crippen LogP contribution is 2.45. The van der Waals surface area contributed by atoms with E-state index in [-0.39, 0.29) is 29.5 Å². The molecule has 0 saturated carbocycles. The van der Waals surface area contributed by atoms with E-state index in [1.54, 1.807) is 43.3 Å². The summed E-state index contributed by atoms with van der Waals surface area (Å²) in [6.45, 7) is 1.80. The van der Waals surface area contributed by atoms with E-state index in [2.05, 4.69) is 0 Å². The van der Waals surface area contributed by atoms with Crippen LogP contribution in [0.1, 0.15) is 36.1 Å². The van der Waals surface area contributed by atoms with Gasteiger partial charge in [-0.3, -0.25) is 9.59 Å². The SMILES string of the molecule is CCOC(=O)C[C@H]1O[C@H](c2c(F)ccc(OC)c2Cl)c2cc(Cl)ccc2N(Cc2ccc(OC)cc2OC)C1=O. The van der Waals surface area contributed by atoms with Gasteiger partial charge in [-0.1, -0.05) is 23.2 Å². The van der Waals surface area contributed by atoms with Gasteiger partial charge in [0.05, 0.1) is 51.6 Å². The maximum absolute atomic E-state index is 15.4. The third-order valence-corrected chi connectivity index (χ3v) is 7.08. The lowest BCUT2D eigenvalue weighted by molar-refractivity contribution is -0.151. The molecule has 0 unspecified atom stereocenters. The van der Waals surface area contributed by atoms with Gasteiger partial charge >= 0.3 is 5.97 Å². The van der Waals surface area contributed by atoms with Crippen molar-refractivity contribution in [2.24, 2.45) is 0 Å². The van der Waals surface area contributed by atoms with E-state index >= 15 is 4.39 Å². The molecule has 212 valence electrons. The first-order chi connectivity index (χ1) is 19.2. The number of esters is 1. The van der Waals surface area contributed by atoms with E-state index < -0.39 is 36.3 Å². The van der Waals surface area contributed by atoms with Gasteiger partial charge in [0.2, 0.25) is 0 Å². The van der Waals surface area contributed by atoms with Crippen molar-refractivity contribution < 1.29 is 37.7 Å². The molecule has 1 amide bonds. The number of nitrogens with zero attached hydrogens (tertiary/aromatic N) is 1. The molecule has 4 rings (SSSR count). The van der Waals surface area contributed by atoms with Gasteiger partial charge in [0.1, 0.15) is 35.3 Å². The van der Waals surface area contributed by atoms with E-state index in [9.17, 15) is 9.59 Å². The molecule has 1 aliphatic rings. The van der Waals surface area contributed by atoms with Gasteiger partial charge in [0.25, 0.3) is 5.91 Å². The Bertz CT molecular complexity index is 1420. The van der Waals surface area contributed by atoms with Crippen LogP contribution in [-0.4, -0.2) is 45.9 Å². The third-order valence-electron chi connectivity index (χ3n) is 6.46. The van der Waals surface area contributed by atoms with Gasteiger partial charge in [-0.15, -0.1) is 0 Å². The predicted molar refractivity (Wildman–Crippen MR) is 148 cm³/mol. The van der Waals surface area contributed by atoms with Crippen LogP contribution in [0.15, 0.2) is 48.5 Å². The van der Waals surface area contributed by atoms with Crippen molar-refractivity contribution in [1.82, 2.24) is 0 Å². The molecular formula is C29H28Cl2FNO7. The van der Waals surface area contributed by atoms with Crippen molar-refractivity contribution in [3.8, 4) is 17.2 Å². The number of amides is 1. The molecule has 3 aromatic rings. The molecule has 0 radical (unpaired) electrons. The fraction of sp³-hybridized carbons (Fsp3) is 0.310. The number of hydrogen-bond donors (Lipinski definition) is 0. The Balaban J connectivity index is 1.92. The molecule has 8 nitrogen and oxygen atoms in total. The fourth-order valence-electron chi connectivity index (χ4n) is 4.56. The van der Waals surface area contributed by atoms with Crippen molar-refractivity contribution in [2.45, 2.75) is 32.1 Å². The van der Waals surface area contributed by atoms with Gasteiger partial charge in [0.15, 0.2) is 0 Å². The number of carbonyl (C=O) groups is 2. The molecule has 1 heterocycles. The van der Waals surface area contributed by atoms with Crippen LogP contribution in [0.3, 0.4) is 0 Å². The number of ether oxygens (including phenoxy) is 5. The maximum atomic E-state index is 15.4. The fourth-order valence-corrected chi connectivity index (χ4v) is 5.07. The highest BCUT2D eigenvalue weighted by Gasteiger charge is 2.40. The standard InChI is InChI=1S/C29H28Cl2FNO7/c1-5-39-25(34)14-24-29(35)33(15-16-6-8-18(36-2)13-23(16)38-4)21-10-7-17(30)12-19(21)28(40-24)26-20(32)9-11-22(37-3)27(26)31/h6-13,24,28H,5,14-15H2,1-4H3/t24-,28+/m1/s1. The Morgan fingerprint density at radius 3 is 2.42 bits per heavy atom. The van der Waals surface area contributed by atoms with Gasteiger partial charge in [-0.05, 0) is 49.4 Å². The van der Waals surface area contributed by atoms with E-state index in [4.69, 9.17) is 46.9 Å². The van der Waals surface area contributed by atoms with Crippen LogP contribution in [-0.2, 0) is 25.6 Å². The summed E-state index contributed by atoms with van der Waals surface area (Å²) < 4.78 is 42.9. The number of fused-ring (bicyclic) bond motifs is 1. The predicted octanol–water partition coefficient (Wildman–Crippen LogP) is 6.13. The van der Waals surface area contributed by atoms with Crippen molar-refractivity contribution in [2.75, 3.05) is 32.8 Å². The zero-order chi connectivity index (χ0) is 29.0. The Hall–Kier alpha value is -3.53. The van der Waals surface area contributed by atoms with Gasteiger partial charge in [0, 0.05) is 27.8 Å². The smallest absolute Gasteiger partial charge is 0.308 e. The Morgan fingerprint density at radius 2 is 1.75 bits per heavy atom. The largest absolute Gasteiger partial charge is 0.497 e. The lowest BCUT2D eigenvalue weighted by atomic mass is 9.98. The normalized spacial score (nSPS) is 16.7. The van der Waals surface area contributed by atoms with Crippen LogP contribution in [0.4, 0.5) is 10.1 Å². The number of rotatable bonds is 9. The highest BCUT2D eigenvalue weighted by atomic mass is 35.5. The second kappa shape index (κ2) is 12.8. The van der Waals surface area contributed by atoms with Crippen LogP contribution < -0.4 is 19.1 Å². The lowest BCUT2D eigenvalue weighted by Crippen LogP contribution is -2.40. The molecule has 0 N–H and O–H groups in total. The third kappa shape index (κ3) is 5.96. The quantitative estimate of drug-likeness (QED) is 0.277. The van der Waals surface area contributed by atoms with Crippen LogP contribution in [0.5, 0.6) is 17.2 Å². The minimum atomic E-state index is -1.35. The summed E-state index contributed by atoms with van der Waals surface area (Å²) in [7, 11) is 4.44. The second-order valence-corrected chi connectivity index (χ2v) is 9.61. The van der Waals surface area contributed by atoms with Crippen molar-refractivity contribution in [3.05, 3.63) is 81.1 Å². The van der Waals surface area contributed by atoms with Crippen molar-refractivity contribution in [3.63, 3.8) is 0 Å². The summed E-state index contributed by atoms with van der Waals surface area (Å²) in [4.78, 5) is 28.1. The summed E-state index contributed by atoms with van der Waals surface area (Å²) in [5.74, 6) is -0.619. The molecular weight excluding hydrogens is 564 g/mol. The average Bonchev–Trinajstić information content (AvgIpc) is 3.04. The molecule has 1 aliphatic heterocycles. The Morgan fingerprint density at radius 1 is 1.00 bits per heavy atom.